The number of anilines is 1. The number of benzene rings is 1. The molecule has 0 aromatic heterocycles. The van der Waals surface area contributed by atoms with Crippen LogP contribution in [0, 0.1) is 23.7 Å². The van der Waals surface area contributed by atoms with E-state index in [2.05, 4.69) is 23.2 Å². The van der Waals surface area contributed by atoms with Crippen LogP contribution in [0.4, 0.5) is 5.69 Å². The van der Waals surface area contributed by atoms with Gasteiger partial charge in [0.2, 0.25) is 0 Å². The molecule has 0 spiro atoms. The molecule has 45 heavy (non-hydrogen) atoms. The molecule has 12 heteroatoms. The Balaban J connectivity index is 1.28. The molecule has 1 aromatic rings. The third kappa shape index (κ3) is 5.81. The van der Waals surface area contributed by atoms with E-state index in [0.29, 0.717) is 22.2 Å². The van der Waals surface area contributed by atoms with E-state index in [1.54, 1.807) is 25.2 Å². The van der Waals surface area contributed by atoms with Crippen LogP contribution in [0.5, 0.6) is 0 Å². The lowest BCUT2D eigenvalue weighted by Crippen LogP contribution is -2.66. The minimum Gasteiger partial charge on any atom is -0.454 e. The number of fused-ring (bicyclic) bond motifs is 4. The average Bonchev–Trinajstić information content (AvgIpc) is 3.34. The van der Waals surface area contributed by atoms with Crippen LogP contribution in [0.1, 0.15) is 52.5 Å². The number of ether oxygens (including phenoxy) is 2. The minimum atomic E-state index is -1.54. The first-order valence-corrected chi connectivity index (χ1v) is 17.6. The van der Waals surface area contributed by atoms with Gasteiger partial charge in [-0.1, -0.05) is 43.7 Å². The van der Waals surface area contributed by atoms with Crippen molar-refractivity contribution in [1.29, 1.82) is 0 Å². The number of halogens is 1. The Morgan fingerprint density at radius 2 is 1.96 bits per heavy atom. The van der Waals surface area contributed by atoms with Gasteiger partial charge >= 0.3 is 11.9 Å². The van der Waals surface area contributed by atoms with Gasteiger partial charge in [-0.25, -0.2) is 0 Å². The molecule has 248 valence electrons. The second kappa shape index (κ2) is 12.6. The Hall–Kier alpha value is -1.86. The predicted molar refractivity (Wildman–Crippen MR) is 173 cm³/mol. The first-order valence-electron chi connectivity index (χ1n) is 16.1. The molecule has 3 fully saturated rings. The van der Waals surface area contributed by atoms with Crippen molar-refractivity contribution < 1.29 is 34.1 Å². The minimum absolute atomic E-state index is 0.0252. The van der Waals surface area contributed by atoms with Gasteiger partial charge in [0.25, 0.3) is 0 Å². The molecular weight excluding hydrogens is 618 g/mol. The number of para-hydroxylation sites is 1. The predicted octanol–water partition coefficient (Wildman–Crippen LogP) is 3.48. The highest BCUT2D eigenvalue weighted by Crippen LogP contribution is 2.53. The Labute approximate surface area is 274 Å². The fraction of sp³-hybridized carbons (Fsp3) is 0.697. The van der Waals surface area contributed by atoms with E-state index in [0.717, 1.165) is 49.6 Å². The number of hydroxylamine groups is 1. The van der Waals surface area contributed by atoms with Crippen LogP contribution < -0.4 is 10.4 Å². The number of rotatable bonds is 6. The molecule has 0 radical (unpaired) electrons. The summed E-state index contributed by atoms with van der Waals surface area (Å²) in [6, 6.07) is 4.29. The molecule has 5 aliphatic rings. The summed E-state index contributed by atoms with van der Waals surface area (Å²) in [5, 5.41) is 29.6. The molecule has 0 bridgehead atoms. The number of thioether (sulfide) groups is 1. The van der Waals surface area contributed by atoms with E-state index in [1.165, 1.54) is 12.0 Å². The molecule has 2 saturated heterocycles. The summed E-state index contributed by atoms with van der Waals surface area (Å²) in [7, 11) is 1.69. The van der Waals surface area contributed by atoms with Gasteiger partial charge < -0.3 is 24.6 Å². The normalized spacial score (nSPS) is 38.8. The van der Waals surface area contributed by atoms with Crippen molar-refractivity contribution in [1.82, 2.24) is 10.2 Å². The average molecular weight is 664 g/mol. The van der Waals surface area contributed by atoms with Gasteiger partial charge in [-0.15, -0.1) is 0 Å². The lowest BCUT2D eigenvalue weighted by Gasteiger charge is -2.56. The zero-order valence-corrected chi connectivity index (χ0v) is 28.3. The zero-order chi connectivity index (χ0) is 32.3. The van der Waals surface area contributed by atoms with Crippen LogP contribution in [-0.4, -0.2) is 95.3 Å². The van der Waals surface area contributed by atoms with E-state index in [9.17, 15) is 19.8 Å². The monoisotopic (exact) mass is 663 g/mol. The Morgan fingerprint density at radius 3 is 2.67 bits per heavy atom. The number of esters is 2. The van der Waals surface area contributed by atoms with Gasteiger partial charge in [0, 0.05) is 63.0 Å². The van der Waals surface area contributed by atoms with Crippen LogP contribution in [0.3, 0.4) is 0 Å². The molecule has 3 aliphatic heterocycles. The molecule has 3 heterocycles. The number of hydrogen-bond acceptors (Lipinski definition) is 11. The molecule has 1 unspecified atom stereocenters. The number of nitrogens with zero attached hydrogens (tertiary/aromatic N) is 2. The highest BCUT2D eigenvalue weighted by atomic mass is 35.5. The van der Waals surface area contributed by atoms with Crippen molar-refractivity contribution in [3.8, 4) is 0 Å². The molecular formula is C33H46ClN3O7S. The maximum absolute atomic E-state index is 14.0. The van der Waals surface area contributed by atoms with Gasteiger partial charge in [-0.2, -0.15) is 11.8 Å². The van der Waals surface area contributed by atoms with E-state index in [-0.39, 0.29) is 24.2 Å². The first-order chi connectivity index (χ1) is 21.3. The van der Waals surface area contributed by atoms with Crippen LogP contribution in [0.2, 0.25) is 5.02 Å². The van der Waals surface area contributed by atoms with Gasteiger partial charge in [0.1, 0.15) is 17.2 Å². The first kappa shape index (κ1) is 33.1. The zero-order valence-electron chi connectivity index (χ0n) is 26.7. The van der Waals surface area contributed by atoms with Crippen LogP contribution >= 0.6 is 23.4 Å². The van der Waals surface area contributed by atoms with Crippen LogP contribution in [-0.2, 0) is 29.5 Å². The second-order valence-corrected chi connectivity index (χ2v) is 15.3. The Morgan fingerprint density at radius 1 is 1.22 bits per heavy atom. The smallest absolute Gasteiger partial charge is 0.323 e. The van der Waals surface area contributed by atoms with E-state index in [4.69, 9.17) is 25.9 Å². The summed E-state index contributed by atoms with van der Waals surface area (Å²) < 4.78 is 12.1. The molecule has 10 nitrogen and oxygen atoms in total. The van der Waals surface area contributed by atoms with Crippen molar-refractivity contribution in [2.75, 3.05) is 43.3 Å². The summed E-state index contributed by atoms with van der Waals surface area (Å²) in [5.41, 5.74) is -1.15. The number of hydrogen-bond donors (Lipinski definition) is 3. The topological polar surface area (TPSA) is 121 Å². The third-order valence-electron chi connectivity index (χ3n) is 10.9. The standard InChI is InChI=1S/C33H46ClN3O7S/c1-18-15-24-22(19(2)17-37-11-13-45-14-12-37)10-9-20(3)33(24,41)29(28(18)42-21(4)38)43-30(39)26-16-32(40)23-7-6-8-25(34)27(23)36(5)44-31(32)35-26/h6-8,15,19-20,22,24,26,28-29,31,35,40-41H,9-14,16-17H2,1-5H3/t19?,20-,22+,24-,26+,28-,29+,31-,32-,33-/m1/s1. The maximum Gasteiger partial charge on any atom is 0.323 e. The van der Waals surface area contributed by atoms with E-state index in [1.807, 2.05) is 25.6 Å². The highest BCUT2D eigenvalue weighted by Gasteiger charge is 2.62. The number of aliphatic hydroxyl groups is 2. The Bertz CT molecular complexity index is 1340. The summed E-state index contributed by atoms with van der Waals surface area (Å²) in [6.45, 7) is 10.5. The summed E-state index contributed by atoms with van der Waals surface area (Å²) in [6.07, 6.45) is 0.769. The van der Waals surface area contributed by atoms with Crippen molar-refractivity contribution >= 4 is 41.0 Å². The Kier molecular flexibility index (Phi) is 9.28. The van der Waals surface area contributed by atoms with Crippen molar-refractivity contribution in [3.63, 3.8) is 0 Å². The fourth-order valence-electron chi connectivity index (χ4n) is 8.49. The molecule has 6 rings (SSSR count). The van der Waals surface area contributed by atoms with Gasteiger partial charge in [-0.3, -0.25) is 24.8 Å². The molecule has 0 amide bonds. The van der Waals surface area contributed by atoms with Crippen molar-refractivity contribution in [2.45, 2.75) is 82.6 Å². The summed E-state index contributed by atoms with van der Waals surface area (Å²) >= 11 is 8.43. The number of nitrogens with one attached hydrogen (secondary N) is 1. The number of carbonyl (C=O) groups excluding carboxylic acids is 2. The third-order valence-corrected chi connectivity index (χ3v) is 12.1. The van der Waals surface area contributed by atoms with Crippen LogP contribution in [0.15, 0.2) is 29.8 Å². The number of carbonyl (C=O) groups is 2. The van der Waals surface area contributed by atoms with Gasteiger partial charge in [0.15, 0.2) is 18.4 Å². The fourth-order valence-corrected chi connectivity index (χ4v) is 9.76. The maximum atomic E-state index is 14.0. The molecule has 3 N–H and O–H groups in total. The molecule has 10 atom stereocenters. The SMILES string of the molecule is CC(=O)O[C@@H]1C(C)=C[C@@H]2[C@H](C(C)CN3CCSCC3)CC[C@@H](C)[C@]2(O)[C@H]1OC(=O)[C@@H]1C[C@@]2(O)c3cccc(Cl)c3N(C)O[C@H]2N1. The van der Waals surface area contributed by atoms with Gasteiger partial charge in [0.05, 0.1) is 10.7 Å². The molecule has 1 saturated carbocycles. The summed E-state index contributed by atoms with van der Waals surface area (Å²) in [5.74, 6) is 1.07. The van der Waals surface area contributed by atoms with E-state index < -0.39 is 47.6 Å². The molecule has 2 aliphatic carbocycles. The lowest BCUT2D eigenvalue weighted by atomic mass is 9.55. The molecule has 1 aromatic carbocycles. The van der Waals surface area contributed by atoms with Crippen LogP contribution in [0.25, 0.3) is 0 Å². The second-order valence-electron chi connectivity index (χ2n) is 13.7. The van der Waals surface area contributed by atoms with E-state index >= 15 is 0 Å². The summed E-state index contributed by atoms with van der Waals surface area (Å²) in [4.78, 5) is 34.8. The largest absolute Gasteiger partial charge is 0.454 e. The highest BCUT2D eigenvalue weighted by molar-refractivity contribution is 7.99. The quantitative estimate of drug-likeness (QED) is 0.307. The van der Waals surface area contributed by atoms with Crippen molar-refractivity contribution in [2.24, 2.45) is 23.7 Å². The van der Waals surface area contributed by atoms with Gasteiger partial charge in [-0.05, 0) is 49.2 Å². The van der Waals surface area contributed by atoms with Crippen molar-refractivity contribution in [3.05, 3.63) is 40.4 Å². The lowest BCUT2D eigenvalue weighted by molar-refractivity contribution is -0.225.